The number of ether oxygens (including phenoxy) is 1. The van der Waals surface area contributed by atoms with Crippen LogP contribution in [0.2, 0.25) is 0 Å². The van der Waals surface area contributed by atoms with E-state index in [1.165, 1.54) is 32.0 Å². The molecule has 0 unspecified atom stereocenters. The Morgan fingerprint density at radius 2 is 2.11 bits per heavy atom. The zero-order valence-electron chi connectivity index (χ0n) is 11.9. The first kappa shape index (κ1) is 14.1. The molecule has 0 bridgehead atoms. The Bertz CT molecular complexity index is 402. The molecule has 0 radical (unpaired) electrons. The van der Waals surface area contributed by atoms with Crippen LogP contribution in [0.5, 0.6) is 5.88 Å². The quantitative estimate of drug-likeness (QED) is 0.824. The van der Waals surface area contributed by atoms with Gasteiger partial charge in [0.2, 0.25) is 5.88 Å². The van der Waals surface area contributed by atoms with Gasteiger partial charge in [0.1, 0.15) is 12.1 Å². The molecule has 5 heteroatoms. The van der Waals surface area contributed by atoms with E-state index in [2.05, 4.69) is 15.3 Å². The van der Waals surface area contributed by atoms with Crippen LogP contribution in [0.25, 0.3) is 0 Å². The average Bonchev–Trinajstić information content (AvgIpc) is 2.86. The van der Waals surface area contributed by atoms with E-state index in [1.54, 1.807) is 0 Å². The summed E-state index contributed by atoms with van der Waals surface area (Å²) in [5, 5.41) is 3.38. The van der Waals surface area contributed by atoms with Crippen LogP contribution in [0.4, 0.5) is 5.82 Å². The van der Waals surface area contributed by atoms with Crippen molar-refractivity contribution in [2.24, 2.45) is 11.1 Å². The van der Waals surface area contributed by atoms with Crippen molar-refractivity contribution in [3.63, 3.8) is 0 Å². The van der Waals surface area contributed by atoms with Gasteiger partial charge in [0, 0.05) is 12.6 Å². The first-order chi connectivity index (χ1) is 9.13. The third kappa shape index (κ3) is 3.80. The van der Waals surface area contributed by atoms with Gasteiger partial charge in [-0.2, -0.15) is 0 Å². The van der Waals surface area contributed by atoms with Crippen molar-refractivity contribution in [2.45, 2.75) is 45.6 Å². The summed E-state index contributed by atoms with van der Waals surface area (Å²) in [5.74, 6) is 1.42. The first-order valence-corrected chi connectivity index (χ1v) is 7.06. The minimum absolute atomic E-state index is 0.118. The topological polar surface area (TPSA) is 73.1 Å². The van der Waals surface area contributed by atoms with Gasteiger partial charge in [0.05, 0.1) is 6.10 Å². The van der Waals surface area contributed by atoms with Gasteiger partial charge in [0.25, 0.3) is 0 Å². The van der Waals surface area contributed by atoms with Crippen molar-refractivity contribution in [2.75, 3.05) is 18.4 Å². The number of nitrogens with two attached hydrogens (primary N) is 1. The number of nitrogens with one attached hydrogen (secondary N) is 1. The van der Waals surface area contributed by atoms with Crippen LogP contribution < -0.4 is 15.8 Å². The fourth-order valence-electron chi connectivity index (χ4n) is 2.60. The molecule has 0 atom stereocenters. The highest BCUT2D eigenvalue weighted by Gasteiger charge is 2.32. The van der Waals surface area contributed by atoms with Gasteiger partial charge in [-0.25, -0.2) is 9.97 Å². The Balaban J connectivity index is 1.95. The maximum atomic E-state index is 5.93. The molecular formula is C14H24N4O. The fraction of sp³-hybridized carbons (Fsp3) is 0.714. The van der Waals surface area contributed by atoms with Gasteiger partial charge in [-0.3, -0.25) is 0 Å². The lowest BCUT2D eigenvalue weighted by molar-refractivity contribution is 0.232. The Morgan fingerprint density at radius 3 is 2.74 bits per heavy atom. The molecule has 1 saturated carbocycles. The Hall–Kier alpha value is -1.36. The van der Waals surface area contributed by atoms with Crippen molar-refractivity contribution in [3.8, 4) is 5.88 Å². The van der Waals surface area contributed by atoms with Crippen molar-refractivity contribution >= 4 is 5.82 Å². The van der Waals surface area contributed by atoms with Crippen molar-refractivity contribution in [1.82, 2.24) is 9.97 Å². The van der Waals surface area contributed by atoms with Crippen LogP contribution in [0.3, 0.4) is 0 Å². The Morgan fingerprint density at radius 1 is 1.37 bits per heavy atom. The Kier molecular flexibility index (Phi) is 4.58. The zero-order chi connectivity index (χ0) is 13.7. The minimum Gasteiger partial charge on any atom is -0.475 e. The van der Waals surface area contributed by atoms with Crippen LogP contribution in [0.1, 0.15) is 39.5 Å². The summed E-state index contributed by atoms with van der Waals surface area (Å²) >= 11 is 0. The lowest BCUT2D eigenvalue weighted by Crippen LogP contribution is -2.34. The summed E-state index contributed by atoms with van der Waals surface area (Å²) in [6.07, 6.45) is 6.62. The van der Waals surface area contributed by atoms with Gasteiger partial charge >= 0.3 is 0 Å². The number of hydrogen-bond donors (Lipinski definition) is 2. The van der Waals surface area contributed by atoms with E-state index in [9.17, 15) is 0 Å². The largest absolute Gasteiger partial charge is 0.475 e. The normalized spacial score (nSPS) is 17.7. The van der Waals surface area contributed by atoms with E-state index in [0.29, 0.717) is 5.88 Å². The maximum absolute atomic E-state index is 5.93. The van der Waals surface area contributed by atoms with E-state index in [0.717, 1.165) is 18.9 Å². The monoisotopic (exact) mass is 264 g/mol. The second-order valence-electron chi connectivity index (χ2n) is 5.67. The number of hydrogen-bond acceptors (Lipinski definition) is 5. The van der Waals surface area contributed by atoms with Gasteiger partial charge in [0.15, 0.2) is 0 Å². The third-order valence-electron chi connectivity index (χ3n) is 3.74. The van der Waals surface area contributed by atoms with Crippen molar-refractivity contribution in [1.29, 1.82) is 0 Å². The average molecular weight is 264 g/mol. The molecule has 1 aliphatic rings. The van der Waals surface area contributed by atoms with Gasteiger partial charge in [-0.1, -0.05) is 12.8 Å². The molecule has 5 nitrogen and oxygen atoms in total. The van der Waals surface area contributed by atoms with E-state index in [4.69, 9.17) is 10.5 Å². The van der Waals surface area contributed by atoms with Gasteiger partial charge in [-0.15, -0.1) is 0 Å². The summed E-state index contributed by atoms with van der Waals surface area (Å²) in [6.45, 7) is 5.58. The summed E-state index contributed by atoms with van der Waals surface area (Å²) in [6, 6.07) is 1.85. The van der Waals surface area contributed by atoms with E-state index in [-0.39, 0.29) is 11.5 Å². The van der Waals surface area contributed by atoms with E-state index >= 15 is 0 Å². The van der Waals surface area contributed by atoms with Crippen LogP contribution >= 0.6 is 0 Å². The summed E-state index contributed by atoms with van der Waals surface area (Å²) in [7, 11) is 0. The number of rotatable bonds is 6. The van der Waals surface area contributed by atoms with Crippen molar-refractivity contribution in [3.05, 3.63) is 12.4 Å². The molecular weight excluding hydrogens is 240 g/mol. The molecule has 1 aromatic heterocycles. The molecule has 2 rings (SSSR count). The number of nitrogens with zero attached hydrogens (tertiary/aromatic N) is 2. The smallest absolute Gasteiger partial charge is 0.218 e. The zero-order valence-corrected chi connectivity index (χ0v) is 11.9. The summed E-state index contributed by atoms with van der Waals surface area (Å²) in [4.78, 5) is 8.33. The highest BCUT2D eigenvalue weighted by atomic mass is 16.5. The molecule has 0 amide bonds. The fourth-order valence-corrected chi connectivity index (χ4v) is 2.60. The maximum Gasteiger partial charge on any atom is 0.218 e. The lowest BCUT2D eigenvalue weighted by atomic mass is 9.86. The lowest BCUT2D eigenvalue weighted by Gasteiger charge is -2.27. The molecule has 0 saturated heterocycles. The highest BCUT2D eigenvalue weighted by Crippen LogP contribution is 2.37. The van der Waals surface area contributed by atoms with Crippen molar-refractivity contribution < 1.29 is 4.74 Å². The van der Waals surface area contributed by atoms with Gasteiger partial charge < -0.3 is 15.8 Å². The molecule has 1 fully saturated rings. The van der Waals surface area contributed by atoms with Crippen LogP contribution in [-0.2, 0) is 0 Å². The second kappa shape index (κ2) is 6.19. The third-order valence-corrected chi connectivity index (χ3v) is 3.74. The molecule has 1 aromatic rings. The highest BCUT2D eigenvalue weighted by molar-refractivity contribution is 5.37. The minimum atomic E-state index is 0.118. The molecule has 3 N–H and O–H groups in total. The van der Waals surface area contributed by atoms with Crippen LogP contribution in [-0.4, -0.2) is 29.2 Å². The SMILES string of the molecule is CC(C)Oc1cc(NCC2(CN)CCCC2)ncn1. The summed E-state index contributed by atoms with van der Waals surface area (Å²) < 4.78 is 5.56. The molecule has 106 valence electrons. The number of anilines is 1. The van der Waals surface area contributed by atoms with E-state index < -0.39 is 0 Å². The second-order valence-corrected chi connectivity index (χ2v) is 5.67. The summed E-state index contributed by atoms with van der Waals surface area (Å²) in [5.41, 5.74) is 6.17. The molecule has 19 heavy (non-hydrogen) atoms. The predicted octanol–water partition coefficient (Wildman–Crippen LogP) is 2.19. The van der Waals surface area contributed by atoms with Crippen LogP contribution in [0.15, 0.2) is 12.4 Å². The molecule has 0 spiro atoms. The molecule has 1 aliphatic carbocycles. The Labute approximate surface area is 115 Å². The van der Waals surface area contributed by atoms with Crippen LogP contribution in [0, 0.1) is 5.41 Å². The van der Waals surface area contributed by atoms with E-state index in [1.807, 2.05) is 19.9 Å². The predicted molar refractivity (Wildman–Crippen MR) is 76.2 cm³/mol. The molecule has 0 aliphatic heterocycles. The first-order valence-electron chi connectivity index (χ1n) is 7.06. The molecule has 0 aromatic carbocycles. The number of aromatic nitrogens is 2. The standard InChI is InChI=1S/C14H24N4O/c1-11(2)19-13-7-12(17-10-18-13)16-9-14(8-15)5-3-4-6-14/h7,10-11H,3-6,8-9,15H2,1-2H3,(H,16,17,18). The molecule has 1 heterocycles. The van der Waals surface area contributed by atoms with Gasteiger partial charge in [-0.05, 0) is 38.6 Å².